The van der Waals surface area contributed by atoms with Crippen molar-refractivity contribution in [2.75, 3.05) is 11.1 Å². The number of nitrogen functional groups attached to an aromatic ring is 1. The highest BCUT2D eigenvalue weighted by Gasteiger charge is 2.14. The van der Waals surface area contributed by atoms with Gasteiger partial charge in [0.15, 0.2) is 0 Å². The minimum absolute atomic E-state index is 0.134. The topological polar surface area (TPSA) is 98.3 Å². The number of halogens is 2. The van der Waals surface area contributed by atoms with Crippen LogP contribution in [-0.4, -0.2) is 10.8 Å². The van der Waals surface area contributed by atoms with Crippen LogP contribution in [0.4, 0.5) is 17.1 Å². The summed E-state index contributed by atoms with van der Waals surface area (Å²) in [5.41, 5.74) is 6.11. The van der Waals surface area contributed by atoms with Crippen molar-refractivity contribution in [2.24, 2.45) is 0 Å². The molecule has 2 aromatic rings. The summed E-state index contributed by atoms with van der Waals surface area (Å²) in [5.74, 6) is -0.522. The maximum atomic E-state index is 12.1. The number of amides is 1. The van der Waals surface area contributed by atoms with E-state index in [9.17, 15) is 14.9 Å². The third-order valence-electron chi connectivity index (χ3n) is 2.59. The molecule has 0 radical (unpaired) electrons. The quantitative estimate of drug-likeness (QED) is 0.510. The fourth-order valence-corrected chi connectivity index (χ4v) is 2.07. The Morgan fingerprint density at radius 3 is 2.52 bits per heavy atom. The van der Waals surface area contributed by atoms with Gasteiger partial charge in [0, 0.05) is 28.4 Å². The van der Waals surface area contributed by atoms with Gasteiger partial charge in [-0.2, -0.15) is 0 Å². The molecule has 0 bridgehead atoms. The van der Waals surface area contributed by atoms with E-state index in [4.69, 9.17) is 28.9 Å². The van der Waals surface area contributed by atoms with Crippen LogP contribution in [-0.2, 0) is 0 Å². The molecule has 8 heteroatoms. The SMILES string of the molecule is Nc1cc(Cl)cc(C(=O)Nc2cc([N+](=O)[O-])ccc2Cl)c1. The van der Waals surface area contributed by atoms with Gasteiger partial charge in [-0.3, -0.25) is 14.9 Å². The summed E-state index contributed by atoms with van der Waals surface area (Å²) in [6.45, 7) is 0. The molecule has 108 valence electrons. The predicted octanol–water partition coefficient (Wildman–Crippen LogP) is 3.74. The first kappa shape index (κ1) is 15.1. The number of hydrogen-bond acceptors (Lipinski definition) is 4. The molecule has 2 rings (SSSR count). The summed E-state index contributed by atoms with van der Waals surface area (Å²) in [7, 11) is 0. The third kappa shape index (κ3) is 3.62. The summed E-state index contributed by atoms with van der Waals surface area (Å²) < 4.78 is 0. The Balaban J connectivity index is 2.31. The molecule has 6 nitrogen and oxygen atoms in total. The van der Waals surface area contributed by atoms with Gasteiger partial charge in [-0.25, -0.2) is 0 Å². The molecule has 0 aliphatic rings. The second kappa shape index (κ2) is 5.99. The van der Waals surface area contributed by atoms with Crippen molar-refractivity contribution in [1.82, 2.24) is 0 Å². The van der Waals surface area contributed by atoms with Crippen molar-refractivity contribution in [2.45, 2.75) is 0 Å². The first-order chi connectivity index (χ1) is 9.86. The third-order valence-corrected chi connectivity index (χ3v) is 3.14. The van der Waals surface area contributed by atoms with Crippen molar-refractivity contribution < 1.29 is 9.72 Å². The minimum Gasteiger partial charge on any atom is -0.399 e. The van der Waals surface area contributed by atoms with Gasteiger partial charge in [-0.05, 0) is 24.3 Å². The summed E-state index contributed by atoms with van der Waals surface area (Å²) >= 11 is 11.7. The number of carbonyl (C=O) groups excluding carboxylic acids is 1. The number of nitrogens with one attached hydrogen (secondary N) is 1. The second-order valence-corrected chi connectivity index (χ2v) is 4.99. The van der Waals surface area contributed by atoms with Crippen LogP contribution in [0.15, 0.2) is 36.4 Å². The lowest BCUT2D eigenvalue weighted by molar-refractivity contribution is -0.384. The Labute approximate surface area is 129 Å². The molecule has 0 saturated carbocycles. The number of nitrogens with two attached hydrogens (primary N) is 1. The molecule has 0 fully saturated rings. The van der Waals surface area contributed by atoms with Crippen molar-refractivity contribution in [3.05, 3.63) is 62.1 Å². The van der Waals surface area contributed by atoms with Crippen LogP contribution in [0.3, 0.4) is 0 Å². The van der Waals surface area contributed by atoms with Crippen molar-refractivity contribution >= 4 is 46.2 Å². The van der Waals surface area contributed by atoms with Crippen LogP contribution in [0.1, 0.15) is 10.4 Å². The molecule has 0 aliphatic heterocycles. The number of non-ortho nitro benzene ring substituents is 1. The van der Waals surface area contributed by atoms with Gasteiger partial charge in [0.2, 0.25) is 0 Å². The molecule has 0 heterocycles. The van der Waals surface area contributed by atoms with Crippen LogP contribution in [0.25, 0.3) is 0 Å². The molecule has 1 amide bonds. The summed E-state index contributed by atoms with van der Waals surface area (Å²) in [5, 5.41) is 13.7. The number of rotatable bonds is 3. The summed E-state index contributed by atoms with van der Waals surface area (Å²) in [4.78, 5) is 22.2. The van der Waals surface area contributed by atoms with Gasteiger partial charge in [0.1, 0.15) is 0 Å². The van der Waals surface area contributed by atoms with E-state index in [0.29, 0.717) is 10.7 Å². The van der Waals surface area contributed by atoms with Gasteiger partial charge in [0.05, 0.1) is 15.6 Å². The lowest BCUT2D eigenvalue weighted by atomic mass is 10.2. The zero-order valence-corrected chi connectivity index (χ0v) is 12.0. The van der Waals surface area contributed by atoms with Crippen LogP contribution in [0, 0.1) is 10.1 Å². The molecule has 0 unspecified atom stereocenters. The van der Waals surface area contributed by atoms with E-state index < -0.39 is 10.8 Å². The molecule has 0 saturated heterocycles. The molecule has 0 spiro atoms. The van der Waals surface area contributed by atoms with Crippen molar-refractivity contribution in [3.63, 3.8) is 0 Å². The zero-order valence-electron chi connectivity index (χ0n) is 10.5. The Kier molecular flexibility index (Phi) is 4.30. The number of hydrogen-bond donors (Lipinski definition) is 2. The van der Waals surface area contributed by atoms with Gasteiger partial charge >= 0.3 is 0 Å². The molecule has 0 aliphatic carbocycles. The minimum atomic E-state index is -0.580. The Bertz CT molecular complexity index is 714. The Hall–Kier alpha value is -2.31. The van der Waals surface area contributed by atoms with Gasteiger partial charge in [0.25, 0.3) is 11.6 Å². The molecule has 3 N–H and O–H groups in total. The lowest BCUT2D eigenvalue weighted by Gasteiger charge is -2.08. The highest BCUT2D eigenvalue weighted by atomic mass is 35.5. The predicted molar refractivity (Wildman–Crippen MR) is 81.9 cm³/mol. The maximum absolute atomic E-state index is 12.1. The standard InChI is InChI=1S/C13H9Cl2N3O3/c14-8-3-7(4-9(16)5-8)13(19)17-12-6-10(18(20)21)1-2-11(12)15/h1-6H,16H2,(H,17,19). The number of benzene rings is 2. The van der Waals surface area contributed by atoms with Gasteiger partial charge in [-0.15, -0.1) is 0 Å². The van der Waals surface area contributed by atoms with Crippen LogP contribution in [0.5, 0.6) is 0 Å². The average molecular weight is 326 g/mol. The number of nitrogens with zero attached hydrogens (tertiary/aromatic N) is 1. The second-order valence-electron chi connectivity index (χ2n) is 4.15. The Morgan fingerprint density at radius 1 is 1.19 bits per heavy atom. The zero-order chi connectivity index (χ0) is 15.6. The fourth-order valence-electron chi connectivity index (χ4n) is 1.66. The van der Waals surface area contributed by atoms with E-state index in [-0.39, 0.29) is 22.0 Å². The molecule has 0 aromatic heterocycles. The molecule has 21 heavy (non-hydrogen) atoms. The van der Waals surface area contributed by atoms with E-state index in [0.717, 1.165) is 0 Å². The normalized spacial score (nSPS) is 10.2. The molecular formula is C13H9Cl2N3O3. The van der Waals surface area contributed by atoms with Gasteiger partial charge in [-0.1, -0.05) is 23.2 Å². The lowest BCUT2D eigenvalue weighted by Crippen LogP contribution is -2.12. The van der Waals surface area contributed by atoms with Crippen molar-refractivity contribution in [1.29, 1.82) is 0 Å². The van der Waals surface area contributed by atoms with E-state index in [1.807, 2.05) is 0 Å². The van der Waals surface area contributed by atoms with E-state index >= 15 is 0 Å². The Morgan fingerprint density at radius 2 is 1.90 bits per heavy atom. The highest BCUT2D eigenvalue weighted by molar-refractivity contribution is 6.34. The summed E-state index contributed by atoms with van der Waals surface area (Å²) in [6.07, 6.45) is 0. The first-order valence-electron chi connectivity index (χ1n) is 5.68. The van der Waals surface area contributed by atoms with Crippen LogP contribution in [0.2, 0.25) is 10.0 Å². The van der Waals surface area contributed by atoms with E-state index in [1.54, 1.807) is 0 Å². The largest absolute Gasteiger partial charge is 0.399 e. The number of anilines is 2. The van der Waals surface area contributed by atoms with Crippen molar-refractivity contribution in [3.8, 4) is 0 Å². The monoisotopic (exact) mass is 325 g/mol. The van der Waals surface area contributed by atoms with E-state index in [2.05, 4.69) is 5.32 Å². The number of carbonyl (C=O) groups is 1. The summed E-state index contributed by atoms with van der Waals surface area (Å²) in [6, 6.07) is 8.12. The average Bonchev–Trinajstić information content (AvgIpc) is 2.39. The molecular weight excluding hydrogens is 317 g/mol. The van der Waals surface area contributed by atoms with E-state index in [1.165, 1.54) is 36.4 Å². The smallest absolute Gasteiger partial charge is 0.271 e. The maximum Gasteiger partial charge on any atom is 0.271 e. The number of nitro benzene ring substituents is 1. The van der Waals surface area contributed by atoms with Crippen LogP contribution < -0.4 is 11.1 Å². The first-order valence-corrected chi connectivity index (χ1v) is 6.44. The molecule has 0 atom stereocenters. The fraction of sp³-hybridized carbons (Fsp3) is 0. The molecule has 2 aromatic carbocycles. The highest BCUT2D eigenvalue weighted by Crippen LogP contribution is 2.27. The number of nitro groups is 1. The van der Waals surface area contributed by atoms with Crippen LogP contribution >= 0.6 is 23.2 Å². The van der Waals surface area contributed by atoms with Gasteiger partial charge < -0.3 is 11.1 Å².